The molecule has 0 aliphatic carbocycles. The molecule has 1 nitrogen and oxygen atoms in total. The van der Waals surface area contributed by atoms with E-state index in [4.69, 9.17) is 0 Å². The molecule has 0 spiro atoms. The highest BCUT2D eigenvalue weighted by Crippen LogP contribution is 1.99. The lowest BCUT2D eigenvalue weighted by Crippen LogP contribution is -1.77. The quantitative estimate of drug-likeness (QED) is 0.561. The molecule has 0 amide bonds. The van der Waals surface area contributed by atoms with Gasteiger partial charge in [-0.2, -0.15) is 0 Å². The molecule has 2 heteroatoms. The third-order valence-corrected chi connectivity index (χ3v) is 1.58. The van der Waals surface area contributed by atoms with Crippen LogP contribution >= 0.6 is 22.6 Å². The van der Waals surface area contributed by atoms with Crippen molar-refractivity contribution in [2.45, 2.75) is 6.54 Å². The number of halogens is 1. The summed E-state index contributed by atoms with van der Waals surface area (Å²) in [6, 6.07) is 10.2. The number of hydrogen-bond donors (Lipinski definition) is 0. The lowest BCUT2D eigenvalue weighted by Gasteiger charge is -1.91. The molecule has 0 saturated heterocycles. The van der Waals surface area contributed by atoms with Gasteiger partial charge in [-0.25, -0.2) is 0 Å². The summed E-state index contributed by atoms with van der Waals surface area (Å²) < 4.78 is 1.80. The minimum atomic E-state index is 0.795. The first-order chi connectivity index (χ1) is 4.93. The first-order valence-electron chi connectivity index (χ1n) is 3.06. The number of nitrogens with zero attached hydrogens (tertiary/aromatic N) is 1. The van der Waals surface area contributed by atoms with Crippen LogP contribution in [0.5, 0.6) is 0 Å². The van der Waals surface area contributed by atoms with Crippen molar-refractivity contribution in [1.29, 1.82) is 0 Å². The maximum absolute atomic E-state index is 4.10. The summed E-state index contributed by atoms with van der Waals surface area (Å²) in [6.45, 7) is 0.795. The van der Waals surface area contributed by atoms with Crippen molar-refractivity contribution in [3.05, 3.63) is 35.9 Å². The fourth-order valence-electron chi connectivity index (χ4n) is 0.723. The molecule has 1 aromatic carbocycles. The highest BCUT2D eigenvalue weighted by Gasteiger charge is 1.83. The smallest absolute Gasteiger partial charge is 0.0645 e. The Morgan fingerprint density at radius 2 is 2.00 bits per heavy atom. The number of benzene rings is 1. The predicted molar refractivity (Wildman–Crippen MR) is 52.7 cm³/mol. The van der Waals surface area contributed by atoms with Crippen LogP contribution in [0.3, 0.4) is 0 Å². The SMILES string of the molecule is IC=NCc1ccccc1. The third kappa shape index (κ3) is 2.47. The Balaban J connectivity index is 2.59. The Morgan fingerprint density at radius 3 is 2.60 bits per heavy atom. The monoisotopic (exact) mass is 245 g/mol. The van der Waals surface area contributed by atoms with Gasteiger partial charge in [-0.15, -0.1) is 0 Å². The van der Waals surface area contributed by atoms with Crippen molar-refractivity contribution in [1.82, 2.24) is 0 Å². The summed E-state index contributed by atoms with van der Waals surface area (Å²) >= 11 is 2.12. The Labute approximate surface area is 74.3 Å². The van der Waals surface area contributed by atoms with Crippen LogP contribution in [0.1, 0.15) is 5.56 Å². The molecule has 0 unspecified atom stereocenters. The van der Waals surface area contributed by atoms with Crippen LogP contribution in [0, 0.1) is 0 Å². The van der Waals surface area contributed by atoms with Crippen molar-refractivity contribution in [3.8, 4) is 0 Å². The van der Waals surface area contributed by atoms with Crippen molar-refractivity contribution in [3.63, 3.8) is 0 Å². The average Bonchev–Trinajstić information content (AvgIpc) is 2.03. The van der Waals surface area contributed by atoms with E-state index in [2.05, 4.69) is 39.7 Å². The van der Waals surface area contributed by atoms with E-state index >= 15 is 0 Å². The van der Waals surface area contributed by atoms with E-state index in [1.54, 1.807) is 4.22 Å². The standard InChI is InChI=1S/C8H8IN/c9-7-10-6-8-4-2-1-3-5-8/h1-5,7H,6H2. The molecule has 0 fully saturated rings. The van der Waals surface area contributed by atoms with Crippen LogP contribution in [-0.4, -0.2) is 4.22 Å². The summed E-state index contributed by atoms with van der Waals surface area (Å²) in [4.78, 5) is 4.10. The Morgan fingerprint density at radius 1 is 1.30 bits per heavy atom. The van der Waals surface area contributed by atoms with E-state index in [-0.39, 0.29) is 0 Å². The van der Waals surface area contributed by atoms with Gasteiger partial charge in [0.05, 0.1) is 10.8 Å². The topological polar surface area (TPSA) is 12.4 Å². The van der Waals surface area contributed by atoms with Gasteiger partial charge in [0.1, 0.15) is 0 Å². The van der Waals surface area contributed by atoms with Gasteiger partial charge in [0.15, 0.2) is 0 Å². The number of hydrogen-bond acceptors (Lipinski definition) is 1. The van der Waals surface area contributed by atoms with E-state index in [1.165, 1.54) is 5.56 Å². The zero-order valence-electron chi connectivity index (χ0n) is 5.50. The lowest BCUT2D eigenvalue weighted by molar-refractivity contribution is 1.08. The summed E-state index contributed by atoms with van der Waals surface area (Å²) in [5, 5.41) is 0. The van der Waals surface area contributed by atoms with Gasteiger partial charge >= 0.3 is 0 Å². The average molecular weight is 245 g/mol. The second kappa shape index (κ2) is 4.44. The van der Waals surface area contributed by atoms with E-state index in [9.17, 15) is 0 Å². The fraction of sp³-hybridized carbons (Fsp3) is 0.125. The normalized spacial score (nSPS) is 10.5. The maximum atomic E-state index is 4.10. The highest BCUT2D eigenvalue weighted by molar-refractivity contribution is 14.1. The molecule has 0 aliphatic heterocycles. The molecular weight excluding hydrogens is 237 g/mol. The maximum Gasteiger partial charge on any atom is 0.0645 e. The van der Waals surface area contributed by atoms with E-state index in [0.29, 0.717) is 0 Å². The molecule has 0 heterocycles. The van der Waals surface area contributed by atoms with Gasteiger partial charge in [-0.3, -0.25) is 4.99 Å². The Kier molecular flexibility index (Phi) is 3.43. The van der Waals surface area contributed by atoms with E-state index < -0.39 is 0 Å². The van der Waals surface area contributed by atoms with Gasteiger partial charge in [-0.05, 0) is 28.2 Å². The molecule has 0 N–H and O–H groups in total. The lowest BCUT2D eigenvalue weighted by atomic mass is 10.2. The summed E-state index contributed by atoms with van der Waals surface area (Å²) in [6.07, 6.45) is 0. The molecule has 0 bridgehead atoms. The summed E-state index contributed by atoms with van der Waals surface area (Å²) in [7, 11) is 0. The highest BCUT2D eigenvalue weighted by atomic mass is 127. The molecule has 1 rings (SSSR count). The van der Waals surface area contributed by atoms with Gasteiger partial charge < -0.3 is 0 Å². The van der Waals surface area contributed by atoms with Crippen LogP contribution in [0.2, 0.25) is 0 Å². The Hall–Kier alpha value is -0.380. The van der Waals surface area contributed by atoms with Crippen LogP contribution < -0.4 is 0 Å². The summed E-state index contributed by atoms with van der Waals surface area (Å²) in [5.41, 5.74) is 1.26. The summed E-state index contributed by atoms with van der Waals surface area (Å²) in [5.74, 6) is 0. The first-order valence-corrected chi connectivity index (χ1v) is 4.30. The molecule has 0 radical (unpaired) electrons. The molecule has 10 heavy (non-hydrogen) atoms. The third-order valence-electron chi connectivity index (χ3n) is 1.19. The molecule has 52 valence electrons. The minimum absolute atomic E-state index is 0.795. The zero-order valence-corrected chi connectivity index (χ0v) is 7.65. The second-order valence-electron chi connectivity index (χ2n) is 1.92. The van der Waals surface area contributed by atoms with Crippen molar-refractivity contribution in [2.75, 3.05) is 0 Å². The molecule has 0 saturated carbocycles. The van der Waals surface area contributed by atoms with Crippen molar-refractivity contribution in [2.24, 2.45) is 4.99 Å². The van der Waals surface area contributed by atoms with Crippen LogP contribution in [0.25, 0.3) is 0 Å². The number of rotatable bonds is 2. The van der Waals surface area contributed by atoms with Crippen molar-refractivity contribution < 1.29 is 0 Å². The molecular formula is C8H8IN. The van der Waals surface area contributed by atoms with Crippen LogP contribution in [0.15, 0.2) is 35.3 Å². The van der Waals surface area contributed by atoms with Crippen LogP contribution in [0.4, 0.5) is 0 Å². The van der Waals surface area contributed by atoms with Gasteiger partial charge in [0, 0.05) is 0 Å². The molecule has 0 aliphatic rings. The largest absolute Gasteiger partial charge is 0.282 e. The van der Waals surface area contributed by atoms with Gasteiger partial charge in [-0.1, -0.05) is 30.3 Å². The van der Waals surface area contributed by atoms with Gasteiger partial charge in [0.2, 0.25) is 0 Å². The van der Waals surface area contributed by atoms with Crippen LogP contribution in [-0.2, 0) is 6.54 Å². The fourth-order valence-corrected chi connectivity index (χ4v) is 0.920. The van der Waals surface area contributed by atoms with Gasteiger partial charge in [0.25, 0.3) is 0 Å². The first kappa shape index (κ1) is 7.72. The second-order valence-corrected chi connectivity index (χ2v) is 2.48. The zero-order chi connectivity index (χ0) is 7.23. The van der Waals surface area contributed by atoms with E-state index in [0.717, 1.165) is 6.54 Å². The Bertz CT molecular complexity index is 206. The predicted octanol–water partition coefficient (Wildman–Crippen LogP) is 2.65. The minimum Gasteiger partial charge on any atom is -0.282 e. The van der Waals surface area contributed by atoms with E-state index in [1.807, 2.05) is 18.2 Å². The molecule has 1 aromatic rings. The van der Waals surface area contributed by atoms with Crippen molar-refractivity contribution >= 4 is 26.8 Å². The number of aliphatic imine (C=N–C) groups is 1. The molecule has 0 atom stereocenters. The molecule has 0 aromatic heterocycles.